The lowest BCUT2D eigenvalue weighted by Gasteiger charge is -2.13. The van der Waals surface area contributed by atoms with Crippen LogP contribution < -0.4 is 10.0 Å². The van der Waals surface area contributed by atoms with E-state index in [1.54, 1.807) is 30.5 Å². The number of benzene rings is 1. The Morgan fingerprint density at radius 2 is 2.03 bits per heavy atom. The van der Waals surface area contributed by atoms with Gasteiger partial charge in [0.25, 0.3) is 0 Å². The van der Waals surface area contributed by atoms with Crippen molar-refractivity contribution in [3.63, 3.8) is 0 Å². The minimum Gasteiger partial charge on any atom is -0.480 e. The van der Waals surface area contributed by atoms with E-state index in [1.807, 2.05) is 0 Å². The molecule has 3 aromatic rings. The molecule has 10 heteroatoms. The molecule has 0 amide bonds. The molecule has 32 heavy (non-hydrogen) atoms. The normalized spacial score (nSPS) is 11.4. The number of thiazole rings is 1. The molecular weight excluding hydrogens is 449 g/mol. The van der Waals surface area contributed by atoms with Crippen LogP contribution in [0.5, 0.6) is 0 Å². The van der Waals surface area contributed by atoms with E-state index in [0.29, 0.717) is 27.5 Å². The van der Waals surface area contributed by atoms with Gasteiger partial charge in [0.15, 0.2) is 5.82 Å². The number of aliphatic carboxylic acids is 1. The summed E-state index contributed by atoms with van der Waals surface area (Å²) in [5.41, 5.74) is 1.60. The molecule has 7 nitrogen and oxygen atoms in total. The molecule has 2 aromatic heterocycles. The molecule has 3 rings (SSSR count). The predicted octanol–water partition coefficient (Wildman–Crippen LogP) is 5.67. The zero-order chi connectivity index (χ0) is 23.3. The van der Waals surface area contributed by atoms with Gasteiger partial charge in [-0.25, -0.2) is 19.3 Å². The van der Waals surface area contributed by atoms with Gasteiger partial charge in [-0.05, 0) is 24.6 Å². The molecule has 170 valence electrons. The van der Waals surface area contributed by atoms with Gasteiger partial charge in [-0.15, -0.1) is 11.3 Å². The SMILES string of the molecule is CCCSNc1cccc(-c2nc(C(C)(C)C)sc2-c2ccnc(NCC(=O)O)n2)c1F. The van der Waals surface area contributed by atoms with E-state index in [2.05, 4.69) is 47.7 Å². The second-order valence-corrected chi connectivity index (χ2v) is 9.98. The number of nitrogens with zero attached hydrogens (tertiary/aromatic N) is 3. The lowest BCUT2D eigenvalue weighted by atomic mass is 9.98. The van der Waals surface area contributed by atoms with Gasteiger partial charge in [-0.2, -0.15) is 0 Å². The summed E-state index contributed by atoms with van der Waals surface area (Å²) >= 11 is 2.91. The quantitative estimate of drug-likeness (QED) is 0.269. The summed E-state index contributed by atoms with van der Waals surface area (Å²) in [6, 6.07) is 6.93. The lowest BCUT2D eigenvalue weighted by Crippen LogP contribution is -2.14. The molecule has 0 aliphatic rings. The van der Waals surface area contributed by atoms with Crippen molar-refractivity contribution in [2.24, 2.45) is 0 Å². The zero-order valence-corrected chi connectivity index (χ0v) is 20.0. The summed E-state index contributed by atoms with van der Waals surface area (Å²) in [5, 5.41) is 12.4. The van der Waals surface area contributed by atoms with Gasteiger partial charge in [-0.1, -0.05) is 45.7 Å². The summed E-state index contributed by atoms with van der Waals surface area (Å²) in [4.78, 5) is 24.9. The number of hydrogen-bond acceptors (Lipinski definition) is 8. The Kier molecular flexibility index (Phi) is 7.68. The second-order valence-electron chi connectivity index (χ2n) is 8.08. The Hall–Kier alpha value is -2.72. The molecule has 0 radical (unpaired) electrons. The van der Waals surface area contributed by atoms with Gasteiger partial charge in [-0.3, -0.25) is 4.79 Å². The molecule has 0 saturated heterocycles. The van der Waals surface area contributed by atoms with Crippen molar-refractivity contribution in [1.82, 2.24) is 15.0 Å². The number of carboxylic acids is 1. The van der Waals surface area contributed by atoms with Crippen LogP contribution in [-0.2, 0) is 10.2 Å². The first-order valence-corrected chi connectivity index (χ1v) is 12.0. The van der Waals surface area contributed by atoms with E-state index in [0.717, 1.165) is 17.2 Å². The second kappa shape index (κ2) is 10.3. The van der Waals surface area contributed by atoms with Crippen molar-refractivity contribution in [3.05, 3.63) is 41.3 Å². The zero-order valence-electron chi connectivity index (χ0n) is 18.4. The van der Waals surface area contributed by atoms with E-state index in [9.17, 15) is 4.79 Å². The molecule has 0 saturated carbocycles. The van der Waals surface area contributed by atoms with Gasteiger partial charge in [0, 0.05) is 22.9 Å². The number of carbonyl (C=O) groups is 1. The molecule has 0 atom stereocenters. The van der Waals surface area contributed by atoms with Gasteiger partial charge in [0.2, 0.25) is 5.95 Å². The first-order valence-electron chi connectivity index (χ1n) is 10.2. The molecule has 0 aliphatic carbocycles. The summed E-state index contributed by atoms with van der Waals surface area (Å²) < 4.78 is 18.5. The largest absolute Gasteiger partial charge is 0.480 e. The van der Waals surface area contributed by atoms with Crippen LogP contribution in [0.1, 0.15) is 39.1 Å². The average molecular weight is 476 g/mol. The number of aromatic nitrogens is 3. The van der Waals surface area contributed by atoms with Crippen LogP contribution in [0.3, 0.4) is 0 Å². The molecule has 0 fully saturated rings. The summed E-state index contributed by atoms with van der Waals surface area (Å²) in [6.45, 7) is 7.92. The minimum absolute atomic E-state index is 0.188. The Balaban J connectivity index is 2.08. The maximum Gasteiger partial charge on any atom is 0.322 e. The van der Waals surface area contributed by atoms with Gasteiger partial charge < -0.3 is 15.1 Å². The third-order valence-electron chi connectivity index (χ3n) is 4.30. The smallest absolute Gasteiger partial charge is 0.322 e. The maximum atomic E-state index is 15.5. The van der Waals surface area contributed by atoms with Crippen LogP contribution in [-0.4, -0.2) is 38.3 Å². The fraction of sp³-hybridized carbons (Fsp3) is 0.364. The molecule has 0 spiro atoms. The van der Waals surface area contributed by atoms with E-state index >= 15 is 4.39 Å². The van der Waals surface area contributed by atoms with Crippen LogP contribution in [0.25, 0.3) is 21.8 Å². The topological polar surface area (TPSA) is 100 Å². The standard InChI is InChI=1S/C22H26FN5O2S2/c1-5-11-31-28-14-8-6-7-13(17(14)23)18-19(32-20(27-18)22(2,3)4)15-9-10-24-21(26-15)25-12-16(29)30/h6-10,28H,5,11-12H2,1-4H3,(H,29,30)(H,24,25,26). The highest BCUT2D eigenvalue weighted by molar-refractivity contribution is 8.00. The number of carboxylic acid groups (broad SMARTS) is 1. The van der Waals surface area contributed by atoms with Gasteiger partial charge >= 0.3 is 5.97 Å². The monoisotopic (exact) mass is 475 g/mol. The Morgan fingerprint density at radius 3 is 2.72 bits per heavy atom. The molecule has 0 bridgehead atoms. The number of halogens is 1. The van der Waals surface area contributed by atoms with Crippen molar-refractivity contribution >= 4 is 40.9 Å². The summed E-state index contributed by atoms with van der Waals surface area (Å²) in [7, 11) is 0. The first kappa shape index (κ1) is 23.9. The Labute approximate surface area is 195 Å². The van der Waals surface area contributed by atoms with Crippen molar-refractivity contribution in [2.45, 2.75) is 39.5 Å². The van der Waals surface area contributed by atoms with E-state index in [-0.39, 0.29) is 23.7 Å². The molecule has 0 unspecified atom stereocenters. The predicted molar refractivity (Wildman–Crippen MR) is 130 cm³/mol. The van der Waals surface area contributed by atoms with Crippen molar-refractivity contribution in [3.8, 4) is 21.8 Å². The van der Waals surface area contributed by atoms with Crippen molar-refractivity contribution < 1.29 is 14.3 Å². The van der Waals surface area contributed by atoms with Crippen molar-refractivity contribution in [2.75, 3.05) is 22.3 Å². The number of anilines is 2. The minimum atomic E-state index is -1.01. The van der Waals surface area contributed by atoms with Crippen LogP contribution >= 0.6 is 23.3 Å². The third-order valence-corrected chi connectivity index (χ3v) is 6.78. The highest BCUT2D eigenvalue weighted by atomic mass is 32.2. The number of rotatable bonds is 9. The van der Waals surface area contributed by atoms with Crippen molar-refractivity contribution in [1.29, 1.82) is 0 Å². The third kappa shape index (κ3) is 5.74. The first-order chi connectivity index (χ1) is 15.2. The Morgan fingerprint density at radius 1 is 1.25 bits per heavy atom. The molecule has 0 aliphatic heterocycles. The molecule has 1 aromatic carbocycles. The number of hydrogen-bond donors (Lipinski definition) is 3. The molecular formula is C22H26FN5O2S2. The van der Waals surface area contributed by atoms with Crippen LogP contribution in [0.4, 0.5) is 16.0 Å². The maximum absolute atomic E-state index is 15.5. The van der Waals surface area contributed by atoms with E-state index < -0.39 is 5.97 Å². The summed E-state index contributed by atoms with van der Waals surface area (Å²) in [6.07, 6.45) is 2.53. The van der Waals surface area contributed by atoms with Gasteiger partial charge in [0.1, 0.15) is 6.54 Å². The van der Waals surface area contributed by atoms with Gasteiger partial charge in [0.05, 0.1) is 27.0 Å². The number of nitrogens with one attached hydrogen (secondary N) is 2. The van der Waals surface area contributed by atoms with Crippen LogP contribution in [0.15, 0.2) is 30.5 Å². The van der Waals surface area contributed by atoms with Crippen LogP contribution in [0, 0.1) is 5.82 Å². The Bertz CT molecular complexity index is 1100. The molecule has 3 N–H and O–H groups in total. The fourth-order valence-electron chi connectivity index (χ4n) is 2.75. The van der Waals surface area contributed by atoms with E-state index in [1.165, 1.54) is 23.3 Å². The highest BCUT2D eigenvalue weighted by Gasteiger charge is 2.26. The summed E-state index contributed by atoms with van der Waals surface area (Å²) in [5.74, 6) is -0.332. The lowest BCUT2D eigenvalue weighted by molar-refractivity contribution is -0.134. The van der Waals surface area contributed by atoms with Crippen LogP contribution in [0.2, 0.25) is 0 Å². The fourth-order valence-corrected chi connectivity index (χ4v) is 4.47. The average Bonchev–Trinajstić information content (AvgIpc) is 3.20. The molecule has 2 heterocycles. The van der Waals surface area contributed by atoms with E-state index in [4.69, 9.17) is 10.1 Å². The highest BCUT2D eigenvalue weighted by Crippen LogP contribution is 2.42.